The first kappa shape index (κ1) is 23.9. The lowest BCUT2D eigenvalue weighted by atomic mass is 10.0. The number of likely N-dealkylation sites (N-methyl/N-ethyl adjacent to an activating group) is 1. The van der Waals surface area contributed by atoms with Crippen LogP contribution in [-0.4, -0.2) is 63.4 Å². The molecule has 0 radical (unpaired) electrons. The minimum Gasteiger partial charge on any atom is -0.488 e. The monoisotopic (exact) mass is 510 g/mol. The molecule has 2 aromatic carbocycles. The fourth-order valence-electron chi connectivity index (χ4n) is 5.12. The Hall–Kier alpha value is -4.44. The fraction of sp³-hybridized carbons (Fsp3) is 0.286. The summed E-state index contributed by atoms with van der Waals surface area (Å²) in [6.45, 7) is 1.41. The number of nitrogens with one attached hydrogen (secondary N) is 1. The predicted molar refractivity (Wildman–Crippen MR) is 149 cm³/mol. The van der Waals surface area contributed by atoms with Gasteiger partial charge in [0.25, 0.3) is 5.56 Å². The molecular formula is C28H30N8O2. The molecule has 1 atom stereocenters. The molecule has 1 aliphatic rings. The van der Waals surface area contributed by atoms with Gasteiger partial charge in [0.2, 0.25) is 5.95 Å². The first-order chi connectivity index (χ1) is 18.4. The Balaban J connectivity index is 1.40. The van der Waals surface area contributed by atoms with Crippen LogP contribution in [-0.2, 0) is 13.0 Å². The van der Waals surface area contributed by atoms with Crippen LogP contribution in [0.4, 0.5) is 11.8 Å². The number of aromatic nitrogens is 5. The van der Waals surface area contributed by atoms with Gasteiger partial charge in [-0.3, -0.25) is 14.5 Å². The number of para-hydroxylation sites is 1. The van der Waals surface area contributed by atoms with E-state index in [-0.39, 0.29) is 17.5 Å². The van der Waals surface area contributed by atoms with E-state index in [1.54, 1.807) is 10.8 Å². The molecule has 0 bridgehead atoms. The SMILES string of the molecule is CN(C)Cc1ccc(-n2c(=O)c3c(N)n[nH]c3c3cnc(N(C)C[C@H]4CCc5ccccc5O4)nc32)cc1. The molecule has 0 fully saturated rings. The molecule has 38 heavy (non-hydrogen) atoms. The van der Waals surface area contributed by atoms with Crippen LogP contribution in [0, 0.1) is 0 Å². The lowest BCUT2D eigenvalue weighted by Crippen LogP contribution is -2.36. The Morgan fingerprint density at radius 1 is 1.13 bits per heavy atom. The molecule has 0 spiro atoms. The van der Waals surface area contributed by atoms with Crippen LogP contribution in [0.25, 0.3) is 27.6 Å². The zero-order valence-electron chi connectivity index (χ0n) is 21.7. The Morgan fingerprint density at radius 2 is 1.92 bits per heavy atom. The average molecular weight is 511 g/mol. The van der Waals surface area contributed by atoms with E-state index in [2.05, 4.69) is 26.1 Å². The van der Waals surface area contributed by atoms with Gasteiger partial charge in [0, 0.05) is 19.8 Å². The Kier molecular flexibility index (Phi) is 5.96. The van der Waals surface area contributed by atoms with Gasteiger partial charge in [0.05, 0.1) is 23.1 Å². The van der Waals surface area contributed by atoms with E-state index in [0.717, 1.165) is 30.7 Å². The van der Waals surface area contributed by atoms with Crippen molar-refractivity contribution in [2.45, 2.75) is 25.5 Å². The van der Waals surface area contributed by atoms with E-state index >= 15 is 0 Å². The molecule has 0 saturated heterocycles. The van der Waals surface area contributed by atoms with Gasteiger partial charge in [-0.1, -0.05) is 30.3 Å². The van der Waals surface area contributed by atoms with Crippen LogP contribution in [0.1, 0.15) is 17.5 Å². The summed E-state index contributed by atoms with van der Waals surface area (Å²) < 4.78 is 7.83. The molecule has 10 nitrogen and oxygen atoms in total. The summed E-state index contributed by atoms with van der Waals surface area (Å²) in [6, 6.07) is 16.0. The minimum absolute atomic E-state index is 0.00974. The number of H-pyrrole nitrogens is 1. The highest BCUT2D eigenvalue weighted by molar-refractivity contribution is 6.05. The van der Waals surface area contributed by atoms with Gasteiger partial charge >= 0.3 is 0 Å². The van der Waals surface area contributed by atoms with Crippen LogP contribution >= 0.6 is 0 Å². The number of anilines is 2. The second kappa shape index (κ2) is 9.46. The van der Waals surface area contributed by atoms with E-state index in [9.17, 15) is 4.79 Å². The van der Waals surface area contributed by atoms with Gasteiger partial charge in [-0.15, -0.1) is 0 Å². The minimum atomic E-state index is -0.279. The van der Waals surface area contributed by atoms with E-state index in [1.165, 1.54) is 5.56 Å². The summed E-state index contributed by atoms with van der Waals surface area (Å²) in [5.41, 5.74) is 9.90. The van der Waals surface area contributed by atoms with E-state index in [0.29, 0.717) is 40.1 Å². The fourth-order valence-corrected chi connectivity index (χ4v) is 5.12. The molecule has 4 heterocycles. The van der Waals surface area contributed by atoms with Gasteiger partial charge in [-0.25, -0.2) is 4.98 Å². The molecule has 0 saturated carbocycles. The highest BCUT2D eigenvalue weighted by atomic mass is 16.5. The van der Waals surface area contributed by atoms with Crippen LogP contribution in [0.3, 0.4) is 0 Å². The summed E-state index contributed by atoms with van der Waals surface area (Å²) in [4.78, 5) is 27.3. The van der Waals surface area contributed by atoms with Crippen molar-refractivity contribution >= 4 is 33.7 Å². The average Bonchev–Trinajstić information content (AvgIpc) is 3.31. The van der Waals surface area contributed by atoms with Gasteiger partial charge in [-0.05, 0) is 56.3 Å². The second-order valence-corrected chi connectivity index (χ2v) is 10.1. The van der Waals surface area contributed by atoms with E-state index in [4.69, 9.17) is 15.5 Å². The number of fused-ring (bicyclic) bond motifs is 4. The number of hydrogen-bond donors (Lipinski definition) is 2. The zero-order chi connectivity index (χ0) is 26.4. The van der Waals surface area contributed by atoms with Gasteiger partial charge in [0.1, 0.15) is 17.2 Å². The Morgan fingerprint density at radius 3 is 2.71 bits per heavy atom. The zero-order valence-corrected chi connectivity index (χ0v) is 21.7. The molecule has 3 aromatic heterocycles. The van der Waals surface area contributed by atoms with Gasteiger partial charge in [-0.2, -0.15) is 10.1 Å². The molecule has 1 aliphatic heterocycles. The summed E-state index contributed by atoms with van der Waals surface area (Å²) in [7, 11) is 5.98. The molecule has 0 amide bonds. The van der Waals surface area contributed by atoms with Crippen molar-refractivity contribution in [3.63, 3.8) is 0 Å². The van der Waals surface area contributed by atoms with Crippen LogP contribution in [0.5, 0.6) is 5.75 Å². The van der Waals surface area contributed by atoms with E-state index < -0.39 is 0 Å². The molecule has 3 N–H and O–H groups in total. The summed E-state index contributed by atoms with van der Waals surface area (Å²) in [5.74, 6) is 1.59. The normalized spacial score (nSPS) is 15.1. The number of rotatable bonds is 6. The molecule has 194 valence electrons. The Labute approximate surface area is 219 Å². The van der Waals surface area contributed by atoms with Crippen molar-refractivity contribution in [1.82, 2.24) is 29.6 Å². The summed E-state index contributed by atoms with van der Waals surface area (Å²) >= 11 is 0. The number of nitrogens with two attached hydrogens (primary N) is 1. The molecule has 6 rings (SSSR count). The third-order valence-corrected chi connectivity index (χ3v) is 6.96. The second-order valence-electron chi connectivity index (χ2n) is 10.1. The topological polar surface area (TPSA) is 118 Å². The largest absolute Gasteiger partial charge is 0.488 e. The van der Waals surface area contributed by atoms with Crippen molar-refractivity contribution in [3.05, 3.63) is 76.2 Å². The first-order valence-electron chi connectivity index (χ1n) is 12.6. The number of nitrogens with zero attached hydrogens (tertiary/aromatic N) is 6. The van der Waals surface area contributed by atoms with Crippen molar-refractivity contribution in [3.8, 4) is 11.4 Å². The third kappa shape index (κ3) is 4.22. The number of ether oxygens (including phenoxy) is 1. The van der Waals surface area contributed by atoms with Crippen LogP contribution < -0.4 is 20.9 Å². The Bertz CT molecular complexity index is 1690. The lowest BCUT2D eigenvalue weighted by molar-refractivity contribution is 0.179. The highest BCUT2D eigenvalue weighted by Crippen LogP contribution is 2.29. The van der Waals surface area contributed by atoms with Crippen LogP contribution in [0.15, 0.2) is 59.5 Å². The summed E-state index contributed by atoms with van der Waals surface area (Å²) in [6.07, 6.45) is 3.61. The van der Waals surface area contributed by atoms with Crippen LogP contribution in [0.2, 0.25) is 0 Å². The number of aryl methyl sites for hydroxylation is 1. The van der Waals surface area contributed by atoms with E-state index in [1.807, 2.05) is 68.5 Å². The lowest BCUT2D eigenvalue weighted by Gasteiger charge is -2.29. The first-order valence-corrected chi connectivity index (χ1v) is 12.6. The molecule has 0 unspecified atom stereocenters. The van der Waals surface area contributed by atoms with Gasteiger partial charge < -0.3 is 20.3 Å². The maximum Gasteiger partial charge on any atom is 0.270 e. The quantitative estimate of drug-likeness (QED) is 0.358. The maximum atomic E-state index is 13.7. The number of pyridine rings is 1. The van der Waals surface area contributed by atoms with Crippen molar-refractivity contribution in [2.24, 2.45) is 0 Å². The number of nitrogen functional groups attached to an aromatic ring is 1. The number of benzene rings is 2. The smallest absolute Gasteiger partial charge is 0.270 e. The van der Waals surface area contributed by atoms with Crippen molar-refractivity contribution in [2.75, 3.05) is 38.3 Å². The maximum absolute atomic E-state index is 13.7. The molecule has 0 aliphatic carbocycles. The third-order valence-electron chi connectivity index (χ3n) is 6.96. The number of aromatic amines is 1. The van der Waals surface area contributed by atoms with Crippen molar-refractivity contribution in [1.29, 1.82) is 0 Å². The standard InChI is InChI=1S/C28H30N8O2/c1-34(2)15-17-8-11-19(12-9-17)36-26-21(24-23(27(36)37)25(29)33-32-24)14-30-28(31-26)35(3)16-20-13-10-18-6-4-5-7-22(18)38-20/h4-9,11-12,14,20H,10,13,15-16H2,1-3H3,(H3,29,32,33)/t20-/m1/s1. The number of hydrogen-bond acceptors (Lipinski definition) is 8. The predicted octanol–water partition coefficient (Wildman–Crippen LogP) is 3.13. The molecular weight excluding hydrogens is 480 g/mol. The summed E-state index contributed by atoms with van der Waals surface area (Å²) in [5, 5.41) is 7.99. The highest BCUT2D eigenvalue weighted by Gasteiger charge is 2.23. The van der Waals surface area contributed by atoms with Crippen molar-refractivity contribution < 1.29 is 4.74 Å². The van der Waals surface area contributed by atoms with Gasteiger partial charge in [0.15, 0.2) is 11.5 Å². The molecule has 5 aromatic rings. The molecule has 10 heteroatoms.